The highest BCUT2D eigenvalue weighted by molar-refractivity contribution is 7.13. The van der Waals surface area contributed by atoms with Crippen molar-refractivity contribution in [1.29, 1.82) is 0 Å². The summed E-state index contributed by atoms with van der Waals surface area (Å²) >= 11 is 1.51. The third kappa shape index (κ3) is 2.91. The topological polar surface area (TPSA) is 43.8 Å². The SMILES string of the molecule is Cc1ccc(C(=O)N2CC[C@](O)(CN(C)C)C2)s1. The normalized spacial score (nSPS) is 23.9. The standard InChI is InChI=1S/C13H20N2O2S/c1-10-4-5-11(18-10)12(16)15-7-6-13(17,9-15)8-14(2)3/h4-5,17H,6-9H2,1-3H3/t13-/m0/s1. The predicted molar refractivity (Wildman–Crippen MR) is 73.1 cm³/mol. The van der Waals surface area contributed by atoms with Crippen LogP contribution in [0.4, 0.5) is 0 Å². The van der Waals surface area contributed by atoms with Gasteiger partial charge in [0.15, 0.2) is 0 Å². The van der Waals surface area contributed by atoms with Gasteiger partial charge in [0.05, 0.1) is 17.0 Å². The highest BCUT2D eigenvalue weighted by Gasteiger charge is 2.38. The highest BCUT2D eigenvalue weighted by atomic mass is 32.1. The third-order valence-corrected chi connectivity index (χ3v) is 4.17. The molecule has 0 aliphatic carbocycles. The minimum absolute atomic E-state index is 0.0442. The second-order valence-corrected chi connectivity index (χ2v) is 6.64. The van der Waals surface area contributed by atoms with Crippen LogP contribution in [0.5, 0.6) is 0 Å². The van der Waals surface area contributed by atoms with Crippen molar-refractivity contribution in [3.8, 4) is 0 Å². The van der Waals surface area contributed by atoms with E-state index in [1.807, 2.05) is 38.1 Å². The number of thiophene rings is 1. The van der Waals surface area contributed by atoms with Crippen molar-refractivity contribution in [1.82, 2.24) is 9.80 Å². The van der Waals surface area contributed by atoms with E-state index in [4.69, 9.17) is 0 Å². The second-order valence-electron chi connectivity index (χ2n) is 5.35. The second kappa shape index (κ2) is 4.99. The monoisotopic (exact) mass is 268 g/mol. The first-order chi connectivity index (χ1) is 8.39. The van der Waals surface area contributed by atoms with Gasteiger partial charge in [0.2, 0.25) is 0 Å². The van der Waals surface area contributed by atoms with Crippen LogP contribution in [0.25, 0.3) is 0 Å². The maximum atomic E-state index is 12.2. The maximum Gasteiger partial charge on any atom is 0.264 e. The molecular formula is C13H20N2O2S. The van der Waals surface area contributed by atoms with Gasteiger partial charge in [0.25, 0.3) is 5.91 Å². The first-order valence-electron chi connectivity index (χ1n) is 6.12. The molecular weight excluding hydrogens is 248 g/mol. The lowest BCUT2D eigenvalue weighted by Gasteiger charge is -2.26. The summed E-state index contributed by atoms with van der Waals surface area (Å²) in [6.45, 7) is 3.66. The fourth-order valence-electron chi connectivity index (χ4n) is 2.45. The number of aliphatic hydroxyl groups is 1. The molecule has 1 amide bonds. The van der Waals surface area contributed by atoms with E-state index < -0.39 is 5.60 Å². The lowest BCUT2D eigenvalue weighted by Crippen LogP contribution is -2.43. The van der Waals surface area contributed by atoms with Gasteiger partial charge in [-0.1, -0.05) is 0 Å². The molecule has 2 heterocycles. The van der Waals surface area contributed by atoms with Gasteiger partial charge < -0.3 is 14.9 Å². The van der Waals surface area contributed by atoms with Gasteiger partial charge in [0, 0.05) is 18.0 Å². The van der Waals surface area contributed by atoms with E-state index in [0.29, 0.717) is 26.1 Å². The van der Waals surface area contributed by atoms with Crippen LogP contribution in [-0.2, 0) is 0 Å². The van der Waals surface area contributed by atoms with Crippen molar-refractivity contribution in [2.24, 2.45) is 0 Å². The molecule has 1 aliphatic heterocycles. The quantitative estimate of drug-likeness (QED) is 0.895. The number of aryl methyl sites for hydroxylation is 1. The van der Waals surface area contributed by atoms with Gasteiger partial charge in [-0.25, -0.2) is 0 Å². The zero-order valence-electron chi connectivity index (χ0n) is 11.1. The van der Waals surface area contributed by atoms with Crippen LogP contribution >= 0.6 is 11.3 Å². The first-order valence-corrected chi connectivity index (χ1v) is 6.94. The van der Waals surface area contributed by atoms with Crippen molar-refractivity contribution >= 4 is 17.2 Å². The Morgan fingerprint density at radius 2 is 2.28 bits per heavy atom. The van der Waals surface area contributed by atoms with Crippen molar-refractivity contribution in [2.75, 3.05) is 33.7 Å². The zero-order valence-corrected chi connectivity index (χ0v) is 12.0. The van der Waals surface area contributed by atoms with Crippen LogP contribution in [0.2, 0.25) is 0 Å². The molecule has 1 aliphatic rings. The zero-order chi connectivity index (χ0) is 13.3. The summed E-state index contributed by atoms with van der Waals surface area (Å²) < 4.78 is 0. The van der Waals surface area contributed by atoms with Crippen LogP contribution in [0.15, 0.2) is 12.1 Å². The van der Waals surface area contributed by atoms with Gasteiger partial charge in [0.1, 0.15) is 0 Å². The summed E-state index contributed by atoms with van der Waals surface area (Å²) in [7, 11) is 3.87. The van der Waals surface area contributed by atoms with E-state index in [1.54, 1.807) is 4.90 Å². The maximum absolute atomic E-state index is 12.2. The number of carbonyl (C=O) groups excluding carboxylic acids is 1. The summed E-state index contributed by atoms with van der Waals surface area (Å²) in [4.78, 5) is 17.9. The van der Waals surface area contributed by atoms with Gasteiger partial charge in [-0.05, 0) is 39.6 Å². The van der Waals surface area contributed by atoms with E-state index in [9.17, 15) is 9.90 Å². The van der Waals surface area contributed by atoms with Crippen LogP contribution in [-0.4, -0.2) is 60.1 Å². The molecule has 0 aromatic carbocycles. The van der Waals surface area contributed by atoms with Crippen LogP contribution in [0.3, 0.4) is 0 Å². The third-order valence-electron chi connectivity index (χ3n) is 3.18. The molecule has 1 aromatic heterocycles. The largest absolute Gasteiger partial charge is 0.387 e. The molecule has 1 saturated heterocycles. The van der Waals surface area contributed by atoms with Crippen molar-refractivity contribution in [2.45, 2.75) is 18.9 Å². The predicted octanol–water partition coefficient (Wildman–Crippen LogP) is 1.20. The molecule has 0 saturated carbocycles. The number of carbonyl (C=O) groups is 1. The van der Waals surface area contributed by atoms with E-state index in [0.717, 1.165) is 9.75 Å². The molecule has 0 unspecified atom stereocenters. The molecule has 0 bridgehead atoms. The van der Waals surface area contributed by atoms with Crippen molar-refractivity contribution < 1.29 is 9.90 Å². The Hall–Kier alpha value is -0.910. The molecule has 0 radical (unpaired) electrons. The molecule has 18 heavy (non-hydrogen) atoms. The van der Waals surface area contributed by atoms with E-state index in [1.165, 1.54) is 11.3 Å². The molecule has 100 valence electrons. The molecule has 5 heteroatoms. The number of rotatable bonds is 3. The fraction of sp³-hybridized carbons (Fsp3) is 0.615. The average Bonchev–Trinajstić information content (AvgIpc) is 2.83. The molecule has 4 nitrogen and oxygen atoms in total. The van der Waals surface area contributed by atoms with E-state index >= 15 is 0 Å². The Bertz CT molecular complexity index is 444. The average molecular weight is 268 g/mol. The van der Waals surface area contributed by atoms with Crippen LogP contribution in [0, 0.1) is 6.92 Å². The first kappa shape index (κ1) is 13.5. The summed E-state index contributed by atoms with van der Waals surface area (Å²) in [5, 5.41) is 10.4. The number of likely N-dealkylation sites (tertiary alicyclic amines) is 1. The highest BCUT2D eigenvalue weighted by Crippen LogP contribution is 2.25. The number of nitrogens with zero attached hydrogens (tertiary/aromatic N) is 2. The lowest BCUT2D eigenvalue weighted by atomic mass is 10.0. The molecule has 1 atom stereocenters. The Labute approximate surface area is 112 Å². The summed E-state index contributed by atoms with van der Waals surface area (Å²) in [6.07, 6.45) is 0.654. The van der Waals surface area contributed by atoms with E-state index in [2.05, 4.69) is 0 Å². The molecule has 1 fully saturated rings. The summed E-state index contributed by atoms with van der Waals surface area (Å²) in [5.74, 6) is 0.0442. The smallest absolute Gasteiger partial charge is 0.264 e. The number of β-amino-alcohol motifs (C(OH)–C–C–N with tert-alkyl or cyclic N) is 1. The van der Waals surface area contributed by atoms with Crippen LogP contribution < -0.4 is 0 Å². The number of hydrogen-bond acceptors (Lipinski definition) is 4. The Morgan fingerprint density at radius 3 is 2.83 bits per heavy atom. The Morgan fingerprint density at radius 1 is 1.56 bits per heavy atom. The lowest BCUT2D eigenvalue weighted by molar-refractivity contribution is 0.0237. The van der Waals surface area contributed by atoms with Gasteiger partial charge in [-0.15, -0.1) is 11.3 Å². The molecule has 1 N–H and O–H groups in total. The van der Waals surface area contributed by atoms with Gasteiger partial charge >= 0.3 is 0 Å². The van der Waals surface area contributed by atoms with E-state index in [-0.39, 0.29) is 5.91 Å². The number of amides is 1. The van der Waals surface area contributed by atoms with Gasteiger partial charge in [-0.3, -0.25) is 4.79 Å². The van der Waals surface area contributed by atoms with Crippen LogP contribution in [0.1, 0.15) is 21.0 Å². The summed E-state index contributed by atoms with van der Waals surface area (Å²) in [5.41, 5.74) is -0.758. The molecule has 2 rings (SSSR count). The molecule has 0 spiro atoms. The summed E-state index contributed by atoms with van der Waals surface area (Å²) in [6, 6.07) is 3.83. The number of likely N-dealkylation sites (N-methyl/N-ethyl adjacent to an activating group) is 1. The minimum atomic E-state index is -0.758. The minimum Gasteiger partial charge on any atom is -0.387 e. The van der Waals surface area contributed by atoms with Gasteiger partial charge in [-0.2, -0.15) is 0 Å². The van der Waals surface area contributed by atoms with Crippen molar-refractivity contribution in [3.05, 3.63) is 21.9 Å². The molecule has 1 aromatic rings. The Kier molecular flexibility index (Phi) is 3.75. The fourth-order valence-corrected chi connectivity index (χ4v) is 3.29. The Balaban J connectivity index is 2.02. The van der Waals surface area contributed by atoms with Crippen molar-refractivity contribution in [3.63, 3.8) is 0 Å². The number of hydrogen-bond donors (Lipinski definition) is 1.